The fourth-order valence-electron chi connectivity index (χ4n) is 2.79. The number of hydrogen-bond acceptors (Lipinski definition) is 2. The molecule has 2 aromatic rings. The highest BCUT2D eigenvalue weighted by molar-refractivity contribution is 5.80. The van der Waals surface area contributed by atoms with Gasteiger partial charge in [0.15, 0.2) is 0 Å². The van der Waals surface area contributed by atoms with Crippen molar-refractivity contribution in [3.05, 3.63) is 24.0 Å². The smallest absolute Gasteiger partial charge is 0.110 e. The number of aromatic nitrogens is 2. The molecular formula is C15H21N3. The van der Waals surface area contributed by atoms with Crippen molar-refractivity contribution < 1.29 is 0 Å². The molecule has 1 fully saturated rings. The number of rotatable bonds is 3. The molecule has 1 aromatic heterocycles. The van der Waals surface area contributed by atoms with Crippen molar-refractivity contribution >= 4 is 16.7 Å². The van der Waals surface area contributed by atoms with Crippen LogP contribution in [0.4, 0.5) is 5.69 Å². The van der Waals surface area contributed by atoms with Gasteiger partial charge in [0.05, 0.1) is 11.0 Å². The van der Waals surface area contributed by atoms with Crippen molar-refractivity contribution in [1.29, 1.82) is 0 Å². The topological polar surface area (TPSA) is 43.8 Å². The van der Waals surface area contributed by atoms with Gasteiger partial charge in [0, 0.05) is 18.2 Å². The zero-order valence-electron chi connectivity index (χ0n) is 11.4. The van der Waals surface area contributed by atoms with Crippen LogP contribution in [-0.2, 0) is 6.42 Å². The van der Waals surface area contributed by atoms with Crippen molar-refractivity contribution in [2.24, 2.45) is 5.41 Å². The minimum atomic E-state index is 0.414. The predicted molar refractivity (Wildman–Crippen MR) is 75.6 cm³/mol. The van der Waals surface area contributed by atoms with E-state index in [0.717, 1.165) is 24.0 Å². The van der Waals surface area contributed by atoms with Crippen molar-refractivity contribution in [1.82, 2.24) is 9.55 Å². The van der Waals surface area contributed by atoms with Gasteiger partial charge in [-0.2, -0.15) is 0 Å². The molecule has 1 aromatic carbocycles. The van der Waals surface area contributed by atoms with Gasteiger partial charge in [-0.3, -0.25) is 0 Å². The second-order valence-corrected chi connectivity index (χ2v) is 6.10. The van der Waals surface area contributed by atoms with Gasteiger partial charge in [0.2, 0.25) is 0 Å². The summed E-state index contributed by atoms with van der Waals surface area (Å²) in [5, 5.41) is 0. The Bertz CT molecular complexity index is 595. The fraction of sp³-hybridized carbons (Fsp3) is 0.533. The molecule has 3 heteroatoms. The molecule has 3 nitrogen and oxygen atoms in total. The molecule has 96 valence electrons. The first-order valence-corrected chi connectivity index (χ1v) is 6.79. The van der Waals surface area contributed by atoms with Gasteiger partial charge in [0.25, 0.3) is 0 Å². The van der Waals surface area contributed by atoms with Crippen LogP contribution in [0.1, 0.15) is 45.5 Å². The molecule has 1 saturated carbocycles. The highest BCUT2D eigenvalue weighted by Gasteiger charge is 2.48. The summed E-state index contributed by atoms with van der Waals surface area (Å²) in [6.45, 7) is 6.86. The summed E-state index contributed by atoms with van der Waals surface area (Å²) < 4.78 is 2.44. The summed E-state index contributed by atoms with van der Waals surface area (Å²) in [4.78, 5) is 4.77. The van der Waals surface area contributed by atoms with Crippen LogP contribution in [0.5, 0.6) is 0 Å². The van der Waals surface area contributed by atoms with E-state index in [9.17, 15) is 0 Å². The van der Waals surface area contributed by atoms with E-state index in [1.165, 1.54) is 17.8 Å². The SMILES string of the molecule is CCCc1nc2cc(N)ccc2n1C1CC1(C)C. The first-order chi connectivity index (χ1) is 8.53. The largest absolute Gasteiger partial charge is 0.399 e. The lowest BCUT2D eigenvalue weighted by molar-refractivity contribution is 0.533. The van der Waals surface area contributed by atoms with E-state index < -0.39 is 0 Å². The van der Waals surface area contributed by atoms with Gasteiger partial charge in [-0.1, -0.05) is 20.8 Å². The third-order valence-electron chi connectivity index (χ3n) is 4.03. The molecule has 1 unspecified atom stereocenters. The summed E-state index contributed by atoms with van der Waals surface area (Å²) in [7, 11) is 0. The Morgan fingerprint density at radius 1 is 1.44 bits per heavy atom. The van der Waals surface area contributed by atoms with Gasteiger partial charge in [-0.15, -0.1) is 0 Å². The molecule has 0 aliphatic heterocycles. The molecule has 0 saturated heterocycles. The Kier molecular flexibility index (Phi) is 2.40. The number of fused-ring (bicyclic) bond motifs is 1. The third-order valence-corrected chi connectivity index (χ3v) is 4.03. The molecule has 18 heavy (non-hydrogen) atoms. The lowest BCUT2D eigenvalue weighted by atomic mass is 10.2. The average Bonchev–Trinajstić information content (AvgIpc) is 2.78. The summed E-state index contributed by atoms with van der Waals surface area (Å²) in [5.41, 5.74) is 9.35. The monoisotopic (exact) mass is 243 g/mol. The quantitative estimate of drug-likeness (QED) is 0.838. The van der Waals surface area contributed by atoms with Crippen LogP contribution >= 0.6 is 0 Å². The van der Waals surface area contributed by atoms with Gasteiger partial charge in [-0.25, -0.2) is 4.98 Å². The van der Waals surface area contributed by atoms with Crippen LogP contribution in [-0.4, -0.2) is 9.55 Å². The maximum absolute atomic E-state index is 5.85. The highest BCUT2D eigenvalue weighted by Crippen LogP contribution is 2.56. The first-order valence-electron chi connectivity index (χ1n) is 6.79. The van der Waals surface area contributed by atoms with Gasteiger partial charge in [0.1, 0.15) is 5.82 Å². The molecule has 1 heterocycles. The molecule has 1 aliphatic rings. The maximum atomic E-state index is 5.85. The van der Waals surface area contributed by atoms with Crippen LogP contribution in [0.25, 0.3) is 11.0 Å². The highest BCUT2D eigenvalue weighted by atomic mass is 15.1. The van der Waals surface area contributed by atoms with Gasteiger partial charge < -0.3 is 10.3 Å². The van der Waals surface area contributed by atoms with E-state index in [1.54, 1.807) is 0 Å². The summed E-state index contributed by atoms with van der Waals surface area (Å²) in [6.07, 6.45) is 3.42. The van der Waals surface area contributed by atoms with E-state index in [0.29, 0.717) is 11.5 Å². The maximum Gasteiger partial charge on any atom is 0.110 e. The Balaban J connectivity index is 2.17. The Labute approximate surface area is 108 Å². The number of nitrogens with zero attached hydrogens (tertiary/aromatic N) is 2. The van der Waals surface area contributed by atoms with Crippen molar-refractivity contribution in [2.45, 2.75) is 46.1 Å². The molecule has 1 atom stereocenters. The minimum Gasteiger partial charge on any atom is -0.399 e. The van der Waals surface area contributed by atoms with E-state index >= 15 is 0 Å². The van der Waals surface area contributed by atoms with Crippen molar-refractivity contribution in [2.75, 3.05) is 5.73 Å². The first kappa shape index (κ1) is 11.6. The zero-order chi connectivity index (χ0) is 12.9. The molecule has 3 rings (SSSR count). The minimum absolute atomic E-state index is 0.414. The number of aryl methyl sites for hydroxylation is 1. The number of nitrogen functional groups attached to an aromatic ring is 1. The van der Waals surface area contributed by atoms with Gasteiger partial charge in [-0.05, 0) is 36.5 Å². The van der Waals surface area contributed by atoms with E-state index in [1.807, 2.05) is 12.1 Å². The Morgan fingerprint density at radius 2 is 2.17 bits per heavy atom. The zero-order valence-corrected chi connectivity index (χ0v) is 11.4. The summed E-state index contributed by atoms with van der Waals surface area (Å²) in [6, 6.07) is 6.68. The molecule has 1 aliphatic carbocycles. The fourth-order valence-corrected chi connectivity index (χ4v) is 2.79. The van der Waals surface area contributed by atoms with Gasteiger partial charge >= 0.3 is 0 Å². The van der Waals surface area contributed by atoms with Crippen LogP contribution in [0.3, 0.4) is 0 Å². The number of hydrogen-bond donors (Lipinski definition) is 1. The second kappa shape index (κ2) is 3.74. The molecule has 0 amide bonds. The van der Waals surface area contributed by atoms with Crippen LogP contribution in [0, 0.1) is 5.41 Å². The standard InChI is InChI=1S/C15H21N3/c1-4-5-14-17-11-8-10(16)6-7-12(11)18(14)13-9-15(13,2)3/h6-8,13H,4-5,9,16H2,1-3H3. The summed E-state index contributed by atoms with van der Waals surface area (Å²) >= 11 is 0. The van der Waals surface area contributed by atoms with Crippen LogP contribution in [0.15, 0.2) is 18.2 Å². The second-order valence-electron chi connectivity index (χ2n) is 6.10. The lowest BCUT2D eigenvalue weighted by Crippen LogP contribution is -2.05. The average molecular weight is 243 g/mol. The van der Waals surface area contributed by atoms with E-state index in [-0.39, 0.29) is 0 Å². The lowest BCUT2D eigenvalue weighted by Gasteiger charge is -2.10. The predicted octanol–water partition coefficient (Wildman–Crippen LogP) is 3.54. The Hall–Kier alpha value is -1.51. The number of imidazole rings is 1. The number of nitrogens with two attached hydrogens (primary N) is 1. The van der Waals surface area contributed by atoms with E-state index in [2.05, 4.69) is 31.4 Å². The Morgan fingerprint density at radius 3 is 2.78 bits per heavy atom. The molecule has 0 spiro atoms. The number of benzene rings is 1. The third kappa shape index (κ3) is 1.69. The van der Waals surface area contributed by atoms with Crippen LogP contribution < -0.4 is 5.73 Å². The molecule has 0 radical (unpaired) electrons. The molecule has 2 N–H and O–H groups in total. The van der Waals surface area contributed by atoms with Crippen molar-refractivity contribution in [3.8, 4) is 0 Å². The van der Waals surface area contributed by atoms with Crippen molar-refractivity contribution in [3.63, 3.8) is 0 Å². The molecule has 0 bridgehead atoms. The number of anilines is 1. The molecular weight excluding hydrogens is 222 g/mol. The normalized spacial score (nSPS) is 21.4. The van der Waals surface area contributed by atoms with E-state index in [4.69, 9.17) is 10.7 Å². The van der Waals surface area contributed by atoms with Crippen LogP contribution in [0.2, 0.25) is 0 Å². The summed E-state index contributed by atoms with van der Waals surface area (Å²) in [5.74, 6) is 1.22.